The Balaban J connectivity index is 3.26. The summed E-state index contributed by atoms with van der Waals surface area (Å²) < 4.78 is 10.1. The summed E-state index contributed by atoms with van der Waals surface area (Å²) in [7, 11) is 2.78. The van der Waals surface area contributed by atoms with Gasteiger partial charge in [-0.15, -0.1) is 0 Å². The van der Waals surface area contributed by atoms with Crippen LogP contribution in [0.2, 0.25) is 0 Å². The number of ether oxygens (including phenoxy) is 2. The van der Waals surface area contributed by atoms with E-state index in [9.17, 15) is 14.9 Å². The van der Waals surface area contributed by atoms with E-state index in [2.05, 4.69) is 5.32 Å². The van der Waals surface area contributed by atoms with Crippen LogP contribution in [0.5, 0.6) is 11.5 Å². The second-order valence-corrected chi connectivity index (χ2v) is 4.99. The largest absolute Gasteiger partial charge is 0.493 e. The highest BCUT2D eigenvalue weighted by Gasteiger charge is 2.25. The van der Waals surface area contributed by atoms with Gasteiger partial charge in [-0.2, -0.15) is 0 Å². The summed E-state index contributed by atoms with van der Waals surface area (Å²) in [4.78, 5) is 22.8. The van der Waals surface area contributed by atoms with Crippen molar-refractivity contribution >= 4 is 11.6 Å². The second-order valence-electron chi connectivity index (χ2n) is 4.99. The van der Waals surface area contributed by atoms with Crippen molar-refractivity contribution in [3.63, 3.8) is 0 Å². The fourth-order valence-corrected chi connectivity index (χ4v) is 1.65. The molecule has 0 aromatic heterocycles. The van der Waals surface area contributed by atoms with Crippen LogP contribution in [-0.4, -0.2) is 31.1 Å². The molecule has 0 saturated heterocycles. The highest BCUT2D eigenvalue weighted by atomic mass is 16.6. The maximum Gasteiger partial charge on any atom is 0.286 e. The summed E-state index contributed by atoms with van der Waals surface area (Å²) in [5.74, 6) is 0.181. The summed E-state index contributed by atoms with van der Waals surface area (Å²) >= 11 is 0. The van der Waals surface area contributed by atoms with Crippen LogP contribution in [0.4, 0.5) is 5.69 Å². The zero-order chi connectivity index (χ0) is 16.2. The molecule has 1 aromatic rings. The summed E-state index contributed by atoms with van der Waals surface area (Å²) in [6.07, 6.45) is 0. The molecule has 0 aliphatic rings. The smallest absolute Gasteiger partial charge is 0.286 e. The van der Waals surface area contributed by atoms with E-state index in [1.54, 1.807) is 0 Å². The highest BCUT2D eigenvalue weighted by Crippen LogP contribution is 2.34. The van der Waals surface area contributed by atoms with Gasteiger partial charge in [0.2, 0.25) is 0 Å². The minimum atomic E-state index is -0.614. The number of carbonyl (C=O) groups is 1. The monoisotopic (exact) mass is 296 g/mol. The first-order chi connectivity index (χ1) is 9.81. The maximum atomic E-state index is 12.2. The van der Waals surface area contributed by atoms with E-state index in [-0.39, 0.29) is 34.7 Å². The van der Waals surface area contributed by atoms with Crippen LogP contribution in [0, 0.1) is 16.0 Å². The lowest BCUT2D eigenvalue weighted by Gasteiger charge is -2.18. The molecule has 0 spiro atoms. The number of nitrogens with zero attached hydrogens (tertiary/aromatic N) is 1. The Kier molecular flexibility index (Phi) is 5.52. The van der Waals surface area contributed by atoms with Crippen molar-refractivity contribution in [2.45, 2.75) is 26.8 Å². The molecular formula is C14H20N2O5. The van der Waals surface area contributed by atoms with Crippen molar-refractivity contribution in [1.29, 1.82) is 0 Å². The Morgan fingerprint density at radius 3 is 2.14 bits per heavy atom. The molecule has 1 atom stereocenters. The van der Waals surface area contributed by atoms with Gasteiger partial charge in [0.15, 0.2) is 11.5 Å². The molecule has 7 heteroatoms. The fraction of sp³-hybridized carbons (Fsp3) is 0.500. The zero-order valence-electron chi connectivity index (χ0n) is 12.8. The summed E-state index contributed by atoms with van der Waals surface area (Å²) in [5, 5.41) is 13.9. The van der Waals surface area contributed by atoms with Crippen LogP contribution in [-0.2, 0) is 0 Å². The lowest BCUT2D eigenvalue weighted by molar-refractivity contribution is -0.385. The van der Waals surface area contributed by atoms with Gasteiger partial charge in [-0.1, -0.05) is 13.8 Å². The van der Waals surface area contributed by atoms with Crippen molar-refractivity contribution in [2.75, 3.05) is 14.2 Å². The molecule has 0 fully saturated rings. The molecule has 0 heterocycles. The minimum Gasteiger partial charge on any atom is -0.493 e. The SMILES string of the molecule is COc1cc(C(=O)NC(C)C(C)C)c([N+](=O)[O-])cc1OC. The topological polar surface area (TPSA) is 90.7 Å². The van der Waals surface area contributed by atoms with E-state index >= 15 is 0 Å². The first-order valence-electron chi connectivity index (χ1n) is 6.53. The molecule has 0 aliphatic heterocycles. The van der Waals surface area contributed by atoms with Gasteiger partial charge in [0, 0.05) is 12.1 Å². The second kappa shape index (κ2) is 6.92. The van der Waals surface area contributed by atoms with Crippen molar-refractivity contribution in [3.05, 3.63) is 27.8 Å². The van der Waals surface area contributed by atoms with Gasteiger partial charge in [0.25, 0.3) is 11.6 Å². The number of methoxy groups -OCH3 is 2. The third-order valence-corrected chi connectivity index (χ3v) is 3.30. The molecule has 7 nitrogen and oxygen atoms in total. The molecular weight excluding hydrogens is 276 g/mol. The molecule has 1 aromatic carbocycles. The van der Waals surface area contributed by atoms with E-state index in [0.717, 1.165) is 0 Å². The molecule has 116 valence electrons. The van der Waals surface area contributed by atoms with Crippen LogP contribution in [0.1, 0.15) is 31.1 Å². The van der Waals surface area contributed by atoms with Crippen LogP contribution in [0.15, 0.2) is 12.1 Å². The van der Waals surface area contributed by atoms with Crippen LogP contribution < -0.4 is 14.8 Å². The Morgan fingerprint density at radius 1 is 1.19 bits per heavy atom. The highest BCUT2D eigenvalue weighted by molar-refractivity contribution is 5.99. The standard InChI is InChI=1S/C14H20N2O5/c1-8(2)9(3)15-14(17)10-6-12(20-4)13(21-5)7-11(10)16(18)19/h6-9H,1-5H3,(H,15,17). The molecule has 1 unspecified atom stereocenters. The lowest BCUT2D eigenvalue weighted by Crippen LogP contribution is -2.36. The molecule has 1 N–H and O–H groups in total. The van der Waals surface area contributed by atoms with Gasteiger partial charge in [-0.3, -0.25) is 14.9 Å². The molecule has 1 amide bonds. The van der Waals surface area contributed by atoms with Gasteiger partial charge >= 0.3 is 0 Å². The molecule has 0 saturated carbocycles. The maximum absolute atomic E-state index is 12.2. The number of carbonyl (C=O) groups excluding carboxylic acids is 1. The Morgan fingerprint density at radius 2 is 1.71 bits per heavy atom. The third kappa shape index (κ3) is 3.84. The predicted molar refractivity (Wildman–Crippen MR) is 78.0 cm³/mol. The number of hydrogen-bond acceptors (Lipinski definition) is 5. The minimum absolute atomic E-state index is 0.0508. The number of nitro benzene ring substituents is 1. The lowest BCUT2D eigenvalue weighted by atomic mass is 10.1. The first-order valence-corrected chi connectivity index (χ1v) is 6.53. The fourth-order valence-electron chi connectivity index (χ4n) is 1.65. The van der Waals surface area contributed by atoms with Crippen LogP contribution in [0.25, 0.3) is 0 Å². The number of nitro groups is 1. The van der Waals surface area contributed by atoms with Gasteiger partial charge < -0.3 is 14.8 Å². The van der Waals surface area contributed by atoms with Gasteiger partial charge in [0.05, 0.1) is 25.2 Å². The van der Waals surface area contributed by atoms with Crippen molar-refractivity contribution in [2.24, 2.45) is 5.92 Å². The number of benzene rings is 1. The number of hydrogen-bond donors (Lipinski definition) is 1. The van der Waals surface area contributed by atoms with Gasteiger partial charge in [-0.25, -0.2) is 0 Å². The van der Waals surface area contributed by atoms with E-state index in [1.807, 2.05) is 20.8 Å². The van der Waals surface area contributed by atoms with Crippen molar-refractivity contribution < 1.29 is 19.2 Å². The van der Waals surface area contributed by atoms with E-state index in [4.69, 9.17) is 9.47 Å². The average molecular weight is 296 g/mol. The Bertz CT molecular complexity index is 542. The Labute approximate surface area is 123 Å². The molecule has 21 heavy (non-hydrogen) atoms. The third-order valence-electron chi connectivity index (χ3n) is 3.30. The van der Waals surface area contributed by atoms with Crippen molar-refractivity contribution in [1.82, 2.24) is 5.32 Å². The summed E-state index contributed by atoms with van der Waals surface area (Å²) in [5.41, 5.74) is -0.369. The van der Waals surface area contributed by atoms with Gasteiger partial charge in [-0.05, 0) is 12.8 Å². The molecule has 0 bridgehead atoms. The first kappa shape index (κ1) is 16.7. The number of amides is 1. The van der Waals surface area contributed by atoms with Gasteiger partial charge in [0.1, 0.15) is 5.56 Å². The van der Waals surface area contributed by atoms with Crippen LogP contribution >= 0.6 is 0 Å². The van der Waals surface area contributed by atoms with E-state index in [1.165, 1.54) is 26.4 Å². The van der Waals surface area contributed by atoms with E-state index < -0.39 is 10.8 Å². The number of rotatable bonds is 6. The van der Waals surface area contributed by atoms with E-state index in [0.29, 0.717) is 0 Å². The normalized spacial score (nSPS) is 11.9. The van der Waals surface area contributed by atoms with Crippen LogP contribution in [0.3, 0.4) is 0 Å². The zero-order valence-corrected chi connectivity index (χ0v) is 12.8. The Hall–Kier alpha value is -2.31. The summed E-state index contributed by atoms with van der Waals surface area (Å²) in [6, 6.07) is 2.40. The van der Waals surface area contributed by atoms with Crippen molar-refractivity contribution in [3.8, 4) is 11.5 Å². The average Bonchev–Trinajstić information content (AvgIpc) is 2.45. The summed E-state index contributed by atoms with van der Waals surface area (Å²) in [6.45, 7) is 5.75. The molecule has 0 radical (unpaired) electrons. The molecule has 0 aliphatic carbocycles. The predicted octanol–water partition coefficient (Wildman–Crippen LogP) is 2.39. The number of nitrogens with one attached hydrogen (secondary N) is 1. The quantitative estimate of drug-likeness (QED) is 0.643. The molecule has 1 rings (SSSR count).